The maximum Gasteiger partial charge on any atom is 0.326 e. The number of hydrogen-bond donors (Lipinski definition) is 13. The molecule has 0 saturated heterocycles. The van der Waals surface area contributed by atoms with Crippen molar-refractivity contribution in [3.63, 3.8) is 0 Å². The topological polar surface area (TPSA) is 408 Å². The number of carboxylic acid groups (broad SMARTS) is 4. The van der Waals surface area contributed by atoms with Gasteiger partial charge in [-0.3, -0.25) is 52.7 Å². The van der Waals surface area contributed by atoms with Gasteiger partial charge in [0.05, 0.1) is 18.9 Å². The van der Waals surface area contributed by atoms with Crippen molar-refractivity contribution in [2.24, 2.45) is 23.5 Å². The first-order valence-electron chi connectivity index (χ1n) is 25.3. The highest BCUT2D eigenvalue weighted by Gasteiger charge is 2.37. The van der Waals surface area contributed by atoms with Crippen LogP contribution in [-0.2, 0) is 70.4 Å². The first-order chi connectivity index (χ1) is 36.2. The van der Waals surface area contributed by atoms with Crippen LogP contribution in [-0.4, -0.2) is 146 Å². The molecule has 0 radical (unpaired) electrons. The molecule has 77 heavy (non-hydrogen) atoms. The van der Waals surface area contributed by atoms with Gasteiger partial charge in [-0.25, -0.2) is 4.79 Å². The first-order valence-corrected chi connectivity index (χ1v) is 25.3. The molecule has 14 N–H and O–H groups in total. The van der Waals surface area contributed by atoms with Gasteiger partial charge in [0.15, 0.2) is 0 Å². The minimum atomic E-state index is -2.08. The van der Waals surface area contributed by atoms with Gasteiger partial charge in [0.1, 0.15) is 48.3 Å². The van der Waals surface area contributed by atoms with Gasteiger partial charge in [-0.2, -0.15) is 0 Å². The van der Waals surface area contributed by atoms with Crippen LogP contribution in [0.15, 0.2) is 60.7 Å². The monoisotopic (exact) mass is 1080 g/mol. The highest BCUT2D eigenvalue weighted by atomic mass is 16.4. The predicted molar refractivity (Wildman–Crippen MR) is 277 cm³/mol. The van der Waals surface area contributed by atoms with E-state index >= 15 is 0 Å². The normalized spacial score (nSPS) is 15.0. The molecule has 2 aromatic rings. The van der Waals surface area contributed by atoms with Crippen molar-refractivity contribution in [2.45, 2.75) is 161 Å². The molecule has 0 aliphatic rings. The summed E-state index contributed by atoms with van der Waals surface area (Å²) in [5, 5.41) is 57.9. The molecular formula is C52H75N9O16. The predicted octanol–water partition coefficient (Wildman–Crippen LogP) is -0.266. The second-order valence-corrected chi connectivity index (χ2v) is 19.5. The van der Waals surface area contributed by atoms with E-state index in [9.17, 15) is 78.0 Å². The Morgan fingerprint density at radius 2 is 0.844 bits per heavy atom. The number of hydrogen-bond acceptors (Lipinski definition) is 13. The number of amides is 8. The van der Waals surface area contributed by atoms with Gasteiger partial charge in [-0.1, -0.05) is 116 Å². The van der Waals surface area contributed by atoms with Crippen LogP contribution in [0.1, 0.15) is 105 Å². The fourth-order valence-electron chi connectivity index (χ4n) is 7.73. The Balaban J connectivity index is 2.38. The maximum atomic E-state index is 14.0. The van der Waals surface area contributed by atoms with Crippen molar-refractivity contribution in [3.05, 3.63) is 71.8 Å². The fourth-order valence-corrected chi connectivity index (χ4v) is 7.73. The van der Waals surface area contributed by atoms with E-state index in [1.807, 2.05) is 0 Å². The van der Waals surface area contributed by atoms with E-state index in [1.165, 1.54) is 0 Å². The van der Waals surface area contributed by atoms with Crippen LogP contribution < -0.4 is 48.3 Å². The quantitative estimate of drug-likeness (QED) is 0.0429. The highest BCUT2D eigenvalue weighted by molar-refractivity contribution is 5.99. The van der Waals surface area contributed by atoms with E-state index in [0.29, 0.717) is 5.56 Å². The molecule has 2 aromatic carbocycles. The van der Waals surface area contributed by atoms with Crippen molar-refractivity contribution >= 4 is 71.1 Å². The standard InChI is InChI=1S/C52H75N9O16/c1-8-29(7)43(51(75)54-33(9-2)45(69)57-36(24-31-18-14-11-15-19-31)50(74)60-42(28(5)6)52(76)77)61-46(70)34(20-21-39(62)63)55-48(72)37(25-40(64)65)59-49(73)38(26-41(66)67)58-47(71)35(22-27(3)4)56-44(68)32(53)23-30-16-12-10-13-17-30/h10-19,27-29,32-38,42-43H,8-9,20-26,53H2,1-7H3,(H,54,75)(H,55,72)(H,56,68)(H,57,69)(H,58,71)(H,59,73)(H,60,74)(H,61,70)(H,62,63)(H,64,65)(H,66,67)(H,76,77). The average molecular weight is 1080 g/mol. The van der Waals surface area contributed by atoms with Crippen LogP contribution >= 0.6 is 0 Å². The van der Waals surface area contributed by atoms with Crippen LogP contribution in [0.3, 0.4) is 0 Å². The Bertz CT molecular complexity index is 2370. The molecule has 0 spiro atoms. The number of carbonyl (C=O) groups is 12. The Morgan fingerprint density at radius 3 is 1.29 bits per heavy atom. The van der Waals surface area contributed by atoms with E-state index in [2.05, 4.69) is 42.5 Å². The molecule has 25 heteroatoms. The molecule has 0 bridgehead atoms. The Hall–Kier alpha value is -7.96. The van der Waals surface area contributed by atoms with Gasteiger partial charge in [0.25, 0.3) is 0 Å². The van der Waals surface area contributed by atoms with Gasteiger partial charge in [-0.15, -0.1) is 0 Å². The van der Waals surface area contributed by atoms with Crippen LogP contribution in [0.25, 0.3) is 0 Å². The zero-order chi connectivity index (χ0) is 58.1. The molecule has 2 rings (SSSR count). The zero-order valence-electron chi connectivity index (χ0n) is 44.3. The molecule has 0 fully saturated rings. The van der Waals surface area contributed by atoms with E-state index in [-0.39, 0.29) is 38.0 Å². The summed E-state index contributed by atoms with van der Waals surface area (Å²) >= 11 is 0. The number of rotatable bonds is 34. The SMILES string of the molecule is CCC(NC(=O)C(NC(=O)C(CCC(=O)O)NC(=O)C(CC(=O)O)NC(=O)C(CC(=O)O)NC(=O)C(CC(C)C)NC(=O)C(N)Cc1ccccc1)C(C)CC)C(=O)NC(Cc1ccccc1)C(=O)NC(C(=O)O)C(C)C. The third-order valence-corrected chi connectivity index (χ3v) is 12.3. The number of aliphatic carboxylic acids is 4. The minimum Gasteiger partial charge on any atom is -0.481 e. The highest BCUT2D eigenvalue weighted by Crippen LogP contribution is 2.14. The van der Waals surface area contributed by atoms with Gasteiger partial charge >= 0.3 is 23.9 Å². The molecule has 10 unspecified atom stereocenters. The van der Waals surface area contributed by atoms with E-state index in [4.69, 9.17) is 5.73 Å². The molecule has 0 aliphatic heterocycles. The van der Waals surface area contributed by atoms with Crippen LogP contribution in [0.5, 0.6) is 0 Å². The lowest BCUT2D eigenvalue weighted by molar-refractivity contribution is -0.144. The Morgan fingerprint density at radius 1 is 0.442 bits per heavy atom. The third kappa shape index (κ3) is 23.2. The van der Waals surface area contributed by atoms with E-state index in [1.54, 1.807) is 109 Å². The zero-order valence-corrected chi connectivity index (χ0v) is 44.3. The molecule has 8 amide bonds. The van der Waals surface area contributed by atoms with E-state index in [0.717, 1.165) is 5.56 Å². The summed E-state index contributed by atoms with van der Waals surface area (Å²) in [6, 6.07) is 3.53. The molecule has 424 valence electrons. The molecule has 0 aromatic heterocycles. The van der Waals surface area contributed by atoms with Gasteiger partial charge in [0, 0.05) is 12.8 Å². The summed E-state index contributed by atoms with van der Waals surface area (Å²) in [5.74, 6) is -15.6. The van der Waals surface area contributed by atoms with Crippen LogP contribution in [0.4, 0.5) is 0 Å². The fraction of sp³-hybridized carbons (Fsp3) is 0.538. The van der Waals surface area contributed by atoms with Gasteiger partial charge in [-0.05, 0) is 54.6 Å². The molecule has 0 saturated carbocycles. The minimum absolute atomic E-state index is 0.00121. The second kappa shape index (κ2) is 32.5. The molecule has 0 aliphatic carbocycles. The summed E-state index contributed by atoms with van der Waals surface area (Å²) in [6.45, 7) is 11.4. The number of carboxylic acids is 4. The summed E-state index contributed by atoms with van der Waals surface area (Å²) in [6.07, 6.45) is -3.44. The summed E-state index contributed by atoms with van der Waals surface area (Å²) in [7, 11) is 0. The van der Waals surface area contributed by atoms with Crippen molar-refractivity contribution in [3.8, 4) is 0 Å². The third-order valence-electron chi connectivity index (χ3n) is 12.3. The first kappa shape index (κ1) is 65.2. The number of carbonyl (C=O) groups excluding carboxylic acids is 8. The summed E-state index contributed by atoms with van der Waals surface area (Å²) < 4.78 is 0. The molecule has 25 nitrogen and oxygen atoms in total. The lowest BCUT2D eigenvalue weighted by Gasteiger charge is -2.29. The van der Waals surface area contributed by atoms with Crippen molar-refractivity contribution in [1.82, 2.24) is 42.5 Å². The lowest BCUT2D eigenvalue weighted by Crippen LogP contribution is -2.61. The number of benzene rings is 2. The van der Waals surface area contributed by atoms with Crippen LogP contribution in [0.2, 0.25) is 0 Å². The number of nitrogens with two attached hydrogens (primary N) is 1. The average Bonchev–Trinajstić information content (AvgIpc) is 3.35. The number of nitrogens with one attached hydrogen (secondary N) is 8. The Kier molecular flexibility index (Phi) is 27.5. The lowest BCUT2D eigenvalue weighted by atomic mass is 9.96. The van der Waals surface area contributed by atoms with Crippen molar-refractivity contribution in [2.75, 3.05) is 0 Å². The van der Waals surface area contributed by atoms with Gasteiger partial charge in [0.2, 0.25) is 47.3 Å². The largest absolute Gasteiger partial charge is 0.481 e. The molecular weight excluding hydrogens is 1010 g/mol. The molecule has 10 atom stereocenters. The van der Waals surface area contributed by atoms with Crippen molar-refractivity contribution < 1.29 is 78.0 Å². The maximum absolute atomic E-state index is 14.0. The smallest absolute Gasteiger partial charge is 0.326 e. The Labute approximate surface area is 446 Å². The van der Waals surface area contributed by atoms with Crippen LogP contribution in [0, 0.1) is 17.8 Å². The second-order valence-electron chi connectivity index (χ2n) is 19.5. The van der Waals surface area contributed by atoms with E-state index < -0.39 is 163 Å². The summed E-state index contributed by atoms with van der Waals surface area (Å²) in [4.78, 5) is 158. The summed E-state index contributed by atoms with van der Waals surface area (Å²) in [5.41, 5.74) is 7.47. The van der Waals surface area contributed by atoms with Gasteiger partial charge < -0.3 is 68.7 Å². The van der Waals surface area contributed by atoms with Crippen molar-refractivity contribution in [1.29, 1.82) is 0 Å². The molecule has 0 heterocycles.